The first-order valence-corrected chi connectivity index (χ1v) is 8.65. The molecule has 7 nitrogen and oxygen atoms in total. The summed E-state index contributed by atoms with van der Waals surface area (Å²) >= 11 is 0. The molecule has 0 aliphatic heterocycles. The Bertz CT molecular complexity index is 776. The van der Waals surface area contributed by atoms with Gasteiger partial charge in [0, 0.05) is 12.1 Å². The van der Waals surface area contributed by atoms with E-state index in [9.17, 15) is 14.4 Å². The summed E-state index contributed by atoms with van der Waals surface area (Å²) in [6.45, 7) is 0. The molecule has 0 fully saturated rings. The molecular formula is C20H23N3O4. The lowest BCUT2D eigenvalue weighted by Crippen LogP contribution is -2.22. The van der Waals surface area contributed by atoms with Gasteiger partial charge in [0.15, 0.2) is 0 Å². The highest BCUT2D eigenvalue weighted by atomic mass is 16.5. The van der Waals surface area contributed by atoms with E-state index >= 15 is 0 Å². The van der Waals surface area contributed by atoms with Crippen LogP contribution in [0.1, 0.15) is 36.3 Å². The van der Waals surface area contributed by atoms with Gasteiger partial charge in [0.05, 0.1) is 12.3 Å². The van der Waals surface area contributed by atoms with Crippen molar-refractivity contribution in [3.8, 4) is 0 Å². The van der Waals surface area contributed by atoms with Gasteiger partial charge in [-0.25, -0.2) is 5.48 Å². The number of carbonyl (C=O) groups excluding carboxylic acids is 3. The van der Waals surface area contributed by atoms with Gasteiger partial charge in [0.1, 0.15) is 0 Å². The van der Waals surface area contributed by atoms with Crippen LogP contribution in [0, 0.1) is 0 Å². The lowest BCUT2D eigenvalue weighted by Gasteiger charge is -2.14. The van der Waals surface area contributed by atoms with Gasteiger partial charge in [-0.05, 0) is 36.1 Å². The third-order valence-electron chi connectivity index (χ3n) is 4.17. The maximum atomic E-state index is 12.0. The van der Waals surface area contributed by atoms with Crippen molar-refractivity contribution in [3.63, 3.8) is 0 Å². The van der Waals surface area contributed by atoms with E-state index in [0.29, 0.717) is 18.4 Å². The van der Waals surface area contributed by atoms with E-state index in [1.165, 1.54) is 0 Å². The molecule has 0 aromatic heterocycles. The first kappa shape index (κ1) is 20.1. The number of carbonyl (C=O) groups is 3. The number of rotatable bonds is 9. The zero-order valence-electron chi connectivity index (χ0n) is 14.9. The molecule has 5 N–H and O–H groups in total. The van der Waals surface area contributed by atoms with Gasteiger partial charge in [-0.2, -0.15) is 0 Å². The number of nitrogens with one attached hydrogen (secondary N) is 2. The molecule has 2 rings (SSSR count). The summed E-state index contributed by atoms with van der Waals surface area (Å²) in [5.41, 5.74) is 9.26. The van der Waals surface area contributed by atoms with E-state index in [0.717, 1.165) is 11.3 Å². The highest BCUT2D eigenvalue weighted by molar-refractivity contribution is 5.90. The second-order valence-electron chi connectivity index (χ2n) is 6.21. The quantitative estimate of drug-likeness (QED) is 0.399. The fraction of sp³-hybridized carbons (Fsp3) is 0.250. The summed E-state index contributed by atoms with van der Waals surface area (Å²) in [5.74, 6) is -1.59. The Morgan fingerprint density at radius 3 is 2.22 bits per heavy atom. The summed E-state index contributed by atoms with van der Waals surface area (Å²) in [6, 6.07) is 16.1. The number of hydrogen-bond donors (Lipinski definition) is 4. The van der Waals surface area contributed by atoms with Gasteiger partial charge in [0.25, 0.3) is 0 Å². The zero-order chi connectivity index (χ0) is 19.6. The minimum absolute atomic E-state index is 0.0394. The lowest BCUT2D eigenvalue weighted by atomic mass is 9.92. The van der Waals surface area contributed by atoms with Crippen LogP contribution in [0.25, 0.3) is 0 Å². The topological polar surface area (TPSA) is 122 Å². The van der Waals surface area contributed by atoms with Crippen LogP contribution >= 0.6 is 0 Å². The Morgan fingerprint density at radius 2 is 1.63 bits per heavy atom. The summed E-state index contributed by atoms with van der Waals surface area (Å²) in [5, 5.41) is 11.4. The number of hydroxylamine groups is 1. The maximum absolute atomic E-state index is 12.0. The van der Waals surface area contributed by atoms with Gasteiger partial charge in [-0.15, -0.1) is 0 Å². The molecule has 0 aliphatic carbocycles. The fourth-order valence-electron chi connectivity index (χ4n) is 2.78. The highest BCUT2D eigenvalue weighted by Crippen LogP contribution is 2.23. The van der Waals surface area contributed by atoms with Crippen molar-refractivity contribution in [2.45, 2.75) is 31.6 Å². The van der Waals surface area contributed by atoms with E-state index in [2.05, 4.69) is 5.32 Å². The number of benzene rings is 2. The largest absolute Gasteiger partial charge is 0.369 e. The van der Waals surface area contributed by atoms with Crippen LogP contribution in [0.2, 0.25) is 0 Å². The molecule has 2 aromatic rings. The minimum atomic E-state index is -0.515. The van der Waals surface area contributed by atoms with Gasteiger partial charge >= 0.3 is 0 Å². The molecule has 0 saturated carbocycles. The molecule has 2 aromatic carbocycles. The summed E-state index contributed by atoms with van der Waals surface area (Å²) in [4.78, 5) is 35.0. The first-order chi connectivity index (χ1) is 13.0. The Morgan fingerprint density at radius 1 is 0.963 bits per heavy atom. The second-order valence-corrected chi connectivity index (χ2v) is 6.21. The third kappa shape index (κ3) is 6.56. The summed E-state index contributed by atoms with van der Waals surface area (Å²) < 4.78 is 0. The molecule has 27 heavy (non-hydrogen) atoms. The number of hydrogen-bond acceptors (Lipinski definition) is 4. The minimum Gasteiger partial charge on any atom is -0.369 e. The normalized spacial score (nSPS) is 11.4. The van der Waals surface area contributed by atoms with E-state index in [1.54, 1.807) is 29.7 Å². The first-order valence-electron chi connectivity index (χ1n) is 8.65. The average Bonchev–Trinajstić information content (AvgIpc) is 2.66. The highest BCUT2D eigenvalue weighted by Gasteiger charge is 2.18. The van der Waals surface area contributed by atoms with Crippen LogP contribution in [0.5, 0.6) is 0 Å². The van der Waals surface area contributed by atoms with E-state index < -0.39 is 17.7 Å². The molecule has 1 unspecified atom stereocenters. The molecular weight excluding hydrogens is 346 g/mol. The summed E-state index contributed by atoms with van der Waals surface area (Å²) in [6.07, 6.45) is 1.29. The number of para-hydroxylation sites is 1. The standard InChI is InChI=1S/C20H23N3O4/c21-20(26)17(15-11-9-14(10-12-15)13-19(25)23-27)7-4-8-18(24)22-16-5-2-1-3-6-16/h1-3,5-6,9-12,17,27H,4,7-8,13H2,(H2,21,26)(H,22,24)(H,23,25). The van der Waals surface area contributed by atoms with Crippen molar-refractivity contribution in [2.75, 3.05) is 5.32 Å². The molecule has 0 saturated heterocycles. The Balaban J connectivity index is 1.88. The molecule has 1 atom stereocenters. The SMILES string of the molecule is NC(=O)C(CCCC(=O)Nc1ccccc1)c1ccc(CC(=O)NO)cc1. The molecule has 0 radical (unpaired) electrons. The van der Waals surface area contributed by atoms with Crippen molar-refractivity contribution < 1.29 is 19.6 Å². The van der Waals surface area contributed by atoms with Crippen LogP contribution in [0.3, 0.4) is 0 Å². The molecule has 0 bridgehead atoms. The Hall–Kier alpha value is -3.19. The Labute approximate surface area is 157 Å². The number of primary amides is 1. The zero-order valence-corrected chi connectivity index (χ0v) is 14.9. The lowest BCUT2D eigenvalue weighted by molar-refractivity contribution is -0.128. The number of amides is 3. The maximum Gasteiger partial charge on any atom is 0.247 e. The van der Waals surface area contributed by atoms with Crippen LogP contribution in [-0.2, 0) is 20.8 Å². The van der Waals surface area contributed by atoms with E-state index in [4.69, 9.17) is 10.9 Å². The molecule has 142 valence electrons. The molecule has 7 heteroatoms. The van der Waals surface area contributed by atoms with Crippen molar-refractivity contribution in [2.24, 2.45) is 5.73 Å². The second kappa shape index (κ2) is 10.1. The number of nitrogens with two attached hydrogens (primary N) is 1. The monoisotopic (exact) mass is 369 g/mol. The predicted octanol–water partition coefficient (Wildman–Crippen LogP) is 2.11. The number of anilines is 1. The van der Waals surface area contributed by atoms with Crippen molar-refractivity contribution >= 4 is 23.4 Å². The summed E-state index contributed by atoms with van der Waals surface area (Å²) in [7, 11) is 0. The van der Waals surface area contributed by atoms with Gasteiger partial charge in [-0.3, -0.25) is 19.6 Å². The molecule has 0 heterocycles. The van der Waals surface area contributed by atoms with Gasteiger partial charge < -0.3 is 11.1 Å². The van der Waals surface area contributed by atoms with Gasteiger partial charge in [-0.1, -0.05) is 42.5 Å². The van der Waals surface area contributed by atoms with Gasteiger partial charge in [0.2, 0.25) is 17.7 Å². The van der Waals surface area contributed by atoms with Crippen LogP contribution in [0.4, 0.5) is 5.69 Å². The predicted molar refractivity (Wildman–Crippen MR) is 101 cm³/mol. The van der Waals surface area contributed by atoms with Crippen LogP contribution < -0.4 is 16.5 Å². The smallest absolute Gasteiger partial charge is 0.247 e. The molecule has 0 aliphatic rings. The van der Waals surface area contributed by atoms with Crippen LogP contribution in [0.15, 0.2) is 54.6 Å². The molecule has 0 spiro atoms. The van der Waals surface area contributed by atoms with Crippen molar-refractivity contribution in [1.29, 1.82) is 0 Å². The third-order valence-corrected chi connectivity index (χ3v) is 4.17. The Kier molecular flexibility index (Phi) is 7.51. The molecule has 3 amide bonds. The van der Waals surface area contributed by atoms with E-state index in [1.807, 2.05) is 30.3 Å². The van der Waals surface area contributed by atoms with Crippen LogP contribution in [-0.4, -0.2) is 22.9 Å². The average molecular weight is 369 g/mol. The van der Waals surface area contributed by atoms with Crippen molar-refractivity contribution in [1.82, 2.24) is 5.48 Å². The van der Waals surface area contributed by atoms with E-state index in [-0.39, 0.29) is 18.7 Å². The van der Waals surface area contributed by atoms with Crippen molar-refractivity contribution in [3.05, 3.63) is 65.7 Å². The fourth-order valence-corrected chi connectivity index (χ4v) is 2.78.